The molecule has 0 amide bonds. The van der Waals surface area contributed by atoms with E-state index in [4.69, 9.17) is 10.5 Å². The molecule has 2 atom stereocenters. The summed E-state index contributed by atoms with van der Waals surface area (Å²) >= 11 is 0. The van der Waals surface area contributed by atoms with Crippen molar-refractivity contribution in [2.24, 2.45) is 11.3 Å². The van der Waals surface area contributed by atoms with Crippen LogP contribution in [0.2, 0.25) is 0 Å². The highest BCUT2D eigenvalue weighted by atomic mass is 16.5. The first-order chi connectivity index (χ1) is 8.21. The highest BCUT2D eigenvalue weighted by Crippen LogP contribution is 2.64. The van der Waals surface area contributed by atoms with Gasteiger partial charge in [-0.3, -0.25) is 4.79 Å². The SMILES string of the molecule is COC(=O)[C@@H]1[C@H](c2ccccc2)C1(C#N)C#N. The van der Waals surface area contributed by atoms with Crippen molar-refractivity contribution < 1.29 is 9.53 Å². The van der Waals surface area contributed by atoms with E-state index < -0.39 is 17.3 Å². The van der Waals surface area contributed by atoms with Gasteiger partial charge in [-0.25, -0.2) is 0 Å². The Bertz CT molecular complexity index is 511. The van der Waals surface area contributed by atoms with E-state index in [0.29, 0.717) is 0 Å². The van der Waals surface area contributed by atoms with E-state index in [0.717, 1.165) is 5.56 Å². The van der Waals surface area contributed by atoms with Crippen LogP contribution in [-0.2, 0) is 9.53 Å². The molecule has 0 N–H and O–H groups in total. The number of esters is 1. The Morgan fingerprint density at radius 1 is 1.29 bits per heavy atom. The van der Waals surface area contributed by atoms with Gasteiger partial charge in [0.1, 0.15) is 0 Å². The van der Waals surface area contributed by atoms with Gasteiger partial charge in [0.15, 0.2) is 5.41 Å². The zero-order valence-electron chi connectivity index (χ0n) is 9.25. The van der Waals surface area contributed by atoms with Crippen LogP contribution in [0.3, 0.4) is 0 Å². The van der Waals surface area contributed by atoms with Gasteiger partial charge in [-0.1, -0.05) is 30.3 Å². The number of benzene rings is 1. The number of nitriles is 2. The molecule has 84 valence electrons. The number of carbonyl (C=O) groups excluding carboxylic acids is 1. The maximum absolute atomic E-state index is 11.6. The molecule has 4 heteroatoms. The highest BCUT2D eigenvalue weighted by molar-refractivity contribution is 5.82. The lowest BCUT2D eigenvalue weighted by Gasteiger charge is -1.97. The van der Waals surface area contributed by atoms with Gasteiger partial charge in [-0.2, -0.15) is 10.5 Å². The van der Waals surface area contributed by atoms with Crippen LogP contribution in [0.25, 0.3) is 0 Å². The summed E-state index contributed by atoms with van der Waals surface area (Å²) in [6.45, 7) is 0. The van der Waals surface area contributed by atoms with Crippen LogP contribution in [0.1, 0.15) is 11.5 Å². The van der Waals surface area contributed by atoms with E-state index in [2.05, 4.69) is 4.74 Å². The quantitative estimate of drug-likeness (QED) is 0.718. The van der Waals surface area contributed by atoms with E-state index in [-0.39, 0.29) is 5.92 Å². The van der Waals surface area contributed by atoms with Crippen molar-refractivity contribution in [3.63, 3.8) is 0 Å². The molecule has 0 unspecified atom stereocenters. The van der Waals surface area contributed by atoms with Gasteiger partial charge in [0.25, 0.3) is 0 Å². The third-order valence-corrected chi connectivity index (χ3v) is 3.19. The lowest BCUT2D eigenvalue weighted by molar-refractivity contribution is -0.142. The Morgan fingerprint density at radius 2 is 1.88 bits per heavy atom. The van der Waals surface area contributed by atoms with E-state index in [9.17, 15) is 4.79 Å². The molecule has 0 bridgehead atoms. The number of hydrogen-bond acceptors (Lipinski definition) is 4. The predicted octanol–water partition coefficient (Wildman–Crippen LogP) is 1.61. The molecule has 17 heavy (non-hydrogen) atoms. The first-order valence-electron chi connectivity index (χ1n) is 5.16. The van der Waals surface area contributed by atoms with Gasteiger partial charge in [-0.15, -0.1) is 0 Å². The first-order valence-corrected chi connectivity index (χ1v) is 5.16. The van der Waals surface area contributed by atoms with Crippen LogP contribution in [0.5, 0.6) is 0 Å². The lowest BCUT2D eigenvalue weighted by Crippen LogP contribution is -2.09. The number of methoxy groups -OCH3 is 1. The van der Waals surface area contributed by atoms with Crippen molar-refractivity contribution in [3.05, 3.63) is 35.9 Å². The van der Waals surface area contributed by atoms with E-state index in [1.807, 2.05) is 42.5 Å². The molecule has 1 saturated carbocycles. The molecule has 4 nitrogen and oxygen atoms in total. The van der Waals surface area contributed by atoms with Crippen molar-refractivity contribution in [3.8, 4) is 12.1 Å². The van der Waals surface area contributed by atoms with Crippen molar-refractivity contribution in [1.29, 1.82) is 10.5 Å². The van der Waals surface area contributed by atoms with Crippen LogP contribution in [-0.4, -0.2) is 13.1 Å². The molecule has 1 aliphatic carbocycles. The van der Waals surface area contributed by atoms with Crippen molar-refractivity contribution in [1.82, 2.24) is 0 Å². The Morgan fingerprint density at radius 3 is 2.35 bits per heavy atom. The van der Waals surface area contributed by atoms with Gasteiger partial charge in [0.2, 0.25) is 0 Å². The second-order valence-electron chi connectivity index (χ2n) is 3.98. The van der Waals surface area contributed by atoms with Gasteiger partial charge >= 0.3 is 5.97 Å². The summed E-state index contributed by atoms with van der Waals surface area (Å²) < 4.78 is 4.64. The number of carbonyl (C=O) groups is 1. The van der Waals surface area contributed by atoms with Gasteiger partial charge in [0.05, 0.1) is 25.2 Å². The second-order valence-corrected chi connectivity index (χ2v) is 3.98. The van der Waals surface area contributed by atoms with Crippen molar-refractivity contribution in [2.45, 2.75) is 5.92 Å². The summed E-state index contributed by atoms with van der Waals surface area (Å²) in [6.07, 6.45) is 0. The monoisotopic (exact) mass is 226 g/mol. The van der Waals surface area contributed by atoms with Gasteiger partial charge in [-0.05, 0) is 5.56 Å². The molecule has 0 saturated heterocycles. The summed E-state index contributed by atoms with van der Waals surface area (Å²) in [5, 5.41) is 18.2. The standard InChI is InChI=1S/C13H10N2O2/c1-17-12(16)11-10(13(11,7-14)8-15)9-5-3-2-4-6-9/h2-6,10-11H,1H3/t10-,11-/m0/s1. The number of ether oxygens (including phenoxy) is 1. The minimum Gasteiger partial charge on any atom is -0.469 e. The fourth-order valence-corrected chi connectivity index (χ4v) is 2.26. The van der Waals surface area contributed by atoms with Gasteiger partial charge in [0, 0.05) is 5.92 Å². The minimum atomic E-state index is -1.27. The van der Waals surface area contributed by atoms with Crippen LogP contribution in [0.15, 0.2) is 30.3 Å². The number of rotatable bonds is 2. The normalized spacial score (nSPS) is 24.2. The zero-order chi connectivity index (χ0) is 12.5. The van der Waals surface area contributed by atoms with E-state index >= 15 is 0 Å². The van der Waals surface area contributed by atoms with Crippen LogP contribution < -0.4 is 0 Å². The average Bonchev–Trinajstić information content (AvgIpc) is 3.08. The molecule has 0 radical (unpaired) electrons. The molecule has 1 aromatic rings. The van der Waals surface area contributed by atoms with E-state index in [1.54, 1.807) is 0 Å². The summed E-state index contributed by atoms with van der Waals surface area (Å²) in [7, 11) is 1.27. The average molecular weight is 226 g/mol. The molecule has 0 heterocycles. The summed E-state index contributed by atoms with van der Waals surface area (Å²) in [4.78, 5) is 11.6. The van der Waals surface area contributed by atoms with Crippen molar-refractivity contribution >= 4 is 5.97 Å². The summed E-state index contributed by atoms with van der Waals surface area (Å²) in [6, 6.07) is 13.0. The molecular weight excluding hydrogens is 216 g/mol. The van der Waals surface area contributed by atoms with Crippen LogP contribution in [0, 0.1) is 34.0 Å². The third kappa shape index (κ3) is 1.46. The summed E-state index contributed by atoms with van der Waals surface area (Å²) in [5.74, 6) is -1.56. The Kier molecular flexibility index (Phi) is 2.57. The Hall–Kier alpha value is -2.33. The zero-order valence-corrected chi connectivity index (χ0v) is 9.25. The topological polar surface area (TPSA) is 73.9 Å². The maximum atomic E-state index is 11.6. The number of hydrogen-bond donors (Lipinski definition) is 0. The highest BCUT2D eigenvalue weighted by Gasteiger charge is 2.71. The second kappa shape index (κ2) is 3.92. The van der Waals surface area contributed by atoms with Crippen LogP contribution >= 0.6 is 0 Å². The smallest absolute Gasteiger partial charge is 0.312 e. The fraction of sp³-hybridized carbons (Fsp3) is 0.308. The van der Waals surface area contributed by atoms with Crippen LogP contribution in [0.4, 0.5) is 0 Å². The van der Waals surface area contributed by atoms with Crippen molar-refractivity contribution in [2.75, 3.05) is 7.11 Å². The lowest BCUT2D eigenvalue weighted by atomic mass is 10.0. The molecule has 1 fully saturated rings. The maximum Gasteiger partial charge on any atom is 0.312 e. The summed E-state index contributed by atoms with van der Waals surface area (Å²) in [5.41, 5.74) is -0.444. The minimum absolute atomic E-state index is 0.383. The van der Waals surface area contributed by atoms with Gasteiger partial charge < -0.3 is 4.74 Å². The molecule has 1 aromatic carbocycles. The largest absolute Gasteiger partial charge is 0.469 e. The Labute approximate surface area is 99.0 Å². The molecule has 1 aliphatic rings. The predicted molar refractivity (Wildman–Crippen MR) is 58.3 cm³/mol. The molecule has 0 spiro atoms. The molecule has 0 aliphatic heterocycles. The first kappa shape index (κ1) is 11.2. The van der Waals surface area contributed by atoms with E-state index in [1.165, 1.54) is 7.11 Å². The number of nitrogens with zero attached hydrogens (tertiary/aromatic N) is 2. The third-order valence-electron chi connectivity index (χ3n) is 3.19. The molecule has 0 aromatic heterocycles. The Balaban J connectivity index is 2.40. The molecular formula is C13H10N2O2. The fourth-order valence-electron chi connectivity index (χ4n) is 2.26. The molecule has 2 rings (SSSR count).